The van der Waals surface area contributed by atoms with E-state index in [1.165, 1.54) is 16.1 Å². The van der Waals surface area contributed by atoms with Gasteiger partial charge >= 0.3 is 0 Å². The first kappa shape index (κ1) is 17.1. The molecule has 18 heavy (non-hydrogen) atoms. The van der Waals surface area contributed by atoms with Gasteiger partial charge in [-0.25, -0.2) is 0 Å². The van der Waals surface area contributed by atoms with E-state index in [2.05, 4.69) is 49.2 Å². The molecule has 0 fully saturated rings. The number of nitrogens with zero attached hydrogens (tertiary/aromatic N) is 1. The van der Waals surface area contributed by atoms with E-state index in [9.17, 15) is 0 Å². The summed E-state index contributed by atoms with van der Waals surface area (Å²) in [5, 5.41) is 0.561. The van der Waals surface area contributed by atoms with Gasteiger partial charge in [-0.2, -0.15) is 0 Å². The Balaban J connectivity index is 0.000000659. The smallest absolute Gasteiger partial charge is 0.0766 e. The molecular formula is C16H27NS. The minimum atomic E-state index is 0.561. The summed E-state index contributed by atoms with van der Waals surface area (Å²) in [6.07, 6.45) is 4.22. The lowest BCUT2D eigenvalue weighted by atomic mass is 10.2. The zero-order chi connectivity index (χ0) is 14.1. The van der Waals surface area contributed by atoms with Gasteiger partial charge in [-0.1, -0.05) is 57.7 Å². The number of hydrogen-bond acceptors (Lipinski definition) is 2. The molecule has 2 rings (SSSR count). The number of benzene rings is 1. The molecule has 0 bridgehead atoms. The zero-order valence-corrected chi connectivity index (χ0v) is 13.6. The van der Waals surface area contributed by atoms with Gasteiger partial charge in [-0.15, -0.1) is 0 Å². The van der Waals surface area contributed by atoms with E-state index >= 15 is 0 Å². The summed E-state index contributed by atoms with van der Waals surface area (Å²) >= 11 is 1.93. The van der Waals surface area contributed by atoms with Crippen LogP contribution in [-0.4, -0.2) is 12.4 Å². The molecule has 0 radical (unpaired) electrons. The van der Waals surface area contributed by atoms with E-state index in [1.807, 2.05) is 46.4 Å². The summed E-state index contributed by atoms with van der Waals surface area (Å²) in [5.74, 6) is 0. The SMILES string of the molecule is C/C=C/c1ccc2c(c1)N(C)C(C)S2.CC.CC. The van der Waals surface area contributed by atoms with Crippen molar-refractivity contribution in [3.8, 4) is 0 Å². The highest BCUT2D eigenvalue weighted by Crippen LogP contribution is 2.42. The highest BCUT2D eigenvalue weighted by molar-refractivity contribution is 8.00. The second-order valence-corrected chi connectivity index (χ2v) is 4.91. The van der Waals surface area contributed by atoms with Crippen molar-refractivity contribution in [1.29, 1.82) is 0 Å². The molecular weight excluding hydrogens is 238 g/mol. The molecule has 2 heteroatoms. The lowest BCUT2D eigenvalue weighted by Gasteiger charge is -2.17. The summed E-state index contributed by atoms with van der Waals surface area (Å²) < 4.78 is 0. The largest absolute Gasteiger partial charge is 0.362 e. The van der Waals surface area contributed by atoms with Gasteiger partial charge in [0.1, 0.15) is 0 Å². The van der Waals surface area contributed by atoms with E-state index in [-0.39, 0.29) is 0 Å². The maximum atomic E-state index is 2.33. The molecule has 0 spiro atoms. The second kappa shape index (κ2) is 9.09. The molecule has 1 aliphatic heterocycles. The lowest BCUT2D eigenvalue weighted by molar-refractivity contribution is 0.923. The molecule has 1 nitrogen and oxygen atoms in total. The molecule has 0 aliphatic carbocycles. The molecule has 1 aromatic rings. The number of anilines is 1. The topological polar surface area (TPSA) is 3.24 Å². The van der Waals surface area contributed by atoms with Crippen molar-refractivity contribution in [2.24, 2.45) is 0 Å². The van der Waals surface area contributed by atoms with Crippen LogP contribution in [-0.2, 0) is 0 Å². The number of rotatable bonds is 1. The third-order valence-electron chi connectivity index (χ3n) is 2.57. The van der Waals surface area contributed by atoms with Crippen molar-refractivity contribution in [2.75, 3.05) is 11.9 Å². The van der Waals surface area contributed by atoms with E-state index < -0.39 is 0 Å². The highest BCUT2D eigenvalue weighted by Gasteiger charge is 2.22. The average molecular weight is 265 g/mol. The van der Waals surface area contributed by atoms with Crippen LogP contribution < -0.4 is 4.90 Å². The molecule has 0 amide bonds. The van der Waals surface area contributed by atoms with Crippen LogP contribution in [0, 0.1) is 0 Å². The van der Waals surface area contributed by atoms with Crippen LogP contribution in [0.3, 0.4) is 0 Å². The summed E-state index contributed by atoms with van der Waals surface area (Å²) in [4.78, 5) is 3.72. The summed E-state index contributed by atoms with van der Waals surface area (Å²) in [6.45, 7) is 12.3. The minimum absolute atomic E-state index is 0.561. The van der Waals surface area contributed by atoms with Crippen LogP contribution in [0.4, 0.5) is 5.69 Å². The van der Waals surface area contributed by atoms with Crippen molar-refractivity contribution in [2.45, 2.75) is 51.8 Å². The molecule has 1 atom stereocenters. The maximum Gasteiger partial charge on any atom is 0.0766 e. The third-order valence-corrected chi connectivity index (χ3v) is 3.82. The van der Waals surface area contributed by atoms with Gasteiger partial charge < -0.3 is 4.90 Å². The first-order valence-corrected chi connectivity index (χ1v) is 7.76. The van der Waals surface area contributed by atoms with Crippen LogP contribution in [0.1, 0.15) is 47.1 Å². The van der Waals surface area contributed by atoms with Gasteiger partial charge in [0.25, 0.3) is 0 Å². The minimum Gasteiger partial charge on any atom is -0.362 e. The number of thioether (sulfide) groups is 1. The monoisotopic (exact) mass is 265 g/mol. The van der Waals surface area contributed by atoms with Crippen LogP contribution >= 0.6 is 11.8 Å². The number of fused-ring (bicyclic) bond motifs is 1. The quantitative estimate of drug-likeness (QED) is 0.644. The van der Waals surface area contributed by atoms with Gasteiger partial charge in [-0.05, 0) is 31.5 Å². The molecule has 0 aromatic heterocycles. The van der Waals surface area contributed by atoms with E-state index in [1.54, 1.807) is 0 Å². The first-order chi connectivity index (χ1) is 8.72. The van der Waals surface area contributed by atoms with Gasteiger partial charge in [-0.3, -0.25) is 0 Å². The van der Waals surface area contributed by atoms with Crippen molar-refractivity contribution in [1.82, 2.24) is 0 Å². The van der Waals surface area contributed by atoms with Crippen LogP contribution in [0.2, 0.25) is 0 Å². The van der Waals surface area contributed by atoms with E-state index in [0.29, 0.717) is 5.37 Å². The number of hydrogen-bond donors (Lipinski definition) is 0. The van der Waals surface area contributed by atoms with Gasteiger partial charge in [0, 0.05) is 11.9 Å². The fourth-order valence-corrected chi connectivity index (χ4v) is 2.77. The Morgan fingerprint density at radius 3 is 2.33 bits per heavy atom. The molecule has 1 aromatic carbocycles. The Labute approximate surface area is 117 Å². The van der Waals surface area contributed by atoms with E-state index in [4.69, 9.17) is 0 Å². The Hall–Kier alpha value is -0.890. The highest BCUT2D eigenvalue weighted by atomic mass is 32.2. The lowest BCUT2D eigenvalue weighted by Crippen LogP contribution is -2.20. The Morgan fingerprint density at radius 2 is 1.78 bits per heavy atom. The van der Waals surface area contributed by atoms with Crippen molar-refractivity contribution in [3.63, 3.8) is 0 Å². The zero-order valence-electron chi connectivity index (χ0n) is 12.8. The predicted octanol–water partition coefficient (Wildman–Crippen LogP) is 5.66. The Morgan fingerprint density at radius 1 is 1.17 bits per heavy atom. The fraction of sp³-hybridized carbons (Fsp3) is 0.500. The van der Waals surface area contributed by atoms with Gasteiger partial charge in [0.05, 0.1) is 11.1 Å². The first-order valence-electron chi connectivity index (χ1n) is 6.88. The van der Waals surface area contributed by atoms with Gasteiger partial charge in [0.2, 0.25) is 0 Å². The molecule has 102 valence electrons. The molecule has 0 saturated carbocycles. The second-order valence-electron chi connectivity index (χ2n) is 3.56. The number of allylic oxidation sites excluding steroid dienone is 1. The standard InChI is InChI=1S/C12H15NS.2C2H6/c1-4-5-10-6-7-12-11(8-10)13(3)9(2)14-12;2*1-2/h4-9H,1-3H3;2*1-2H3/b5-4+;;. The maximum absolute atomic E-state index is 2.33. The van der Waals surface area contributed by atoms with Crippen LogP contribution in [0.15, 0.2) is 29.2 Å². The van der Waals surface area contributed by atoms with Crippen LogP contribution in [0.25, 0.3) is 6.08 Å². The fourth-order valence-electron chi connectivity index (χ4n) is 1.66. The van der Waals surface area contributed by atoms with Gasteiger partial charge in [0.15, 0.2) is 0 Å². The third kappa shape index (κ3) is 4.09. The molecule has 0 N–H and O–H groups in total. The molecule has 1 aliphatic rings. The summed E-state index contributed by atoms with van der Waals surface area (Å²) in [5.41, 5.74) is 2.64. The summed E-state index contributed by atoms with van der Waals surface area (Å²) in [7, 11) is 2.16. The average Bonchev–Trinajstić information content (AvgIpc) is 2.71. The summed E-state index contributed by atoms with van der Waals surface area (Å²) in [6, 6.07) is 6.65. The molecule has 1 heterocycles. The van der Waals surface area contributed by atoms with Crippen molar-refractivity contribution in [3.05, 3.63) is 29.8 Å². The van der Waals surface area contributed by atoms with Crippen LogP contribution in [0.5, 0.6) is 0 Å². The van der Waals surface area contributed by atoms with E-state index in [0.717, 1.165) is 0 Å². The molecule has 1 unspecified atom stereocenters. The molecule has 0 saturated heterocycles. The normalized spacial score (nSPS) is 16.6. The Bertz CT molecular complexity index is 371. The predicted molar refractivity (Wildman–Crippen MR) is 87.6 cm³/mol. The van der Waals surface area contributed by atoms with Crippen molar-refractivity contribution < 1.29 is 0 Å². The Kier molecular flexibility index (Phi) is 8.65. The van der Waals surface area contributed by atoms with Crippen molar-refractivity contribution >= 4 is 23.5 Å².